The number of thiazole rings is 1. The van der Waals surface area contributed by atoms with Crippen LogP contribution < -0.4 is 0 Å². The van der Waals surface area contributed by atoms with Crippen LogP contribution in [0.1, 0.15) is 17.1 Å². The normalized spacial score (nSPS) is 11.6. The van der Waals surface area contributed by atoms with Gasteiger partial charge in [-0.2, -0.15) is 13.2 Å². The van der Waals surface area contributed by atoms with Crippen molar-refractivity contribution in [1.29, 1.82) is 0 Å². The van der Waals surface area contributed by atoms with Crippen molar-refractivity contribution in [2.24, 2.45) is 0 Å². The lowest BCUT2D eigenvalue weighted by atomic mass is 10.3. The lowest BCUT2D eigenvalue weighted by molar-refractivity contribution is -0.140. The van der Waals surface area contributed by atoms with Crippen molar-refractivity contribution in [3.63, 3.8) is 0 Å². The summed E-state index contributed by atoms with van der Waals surface area (Å²) in [6, 6.07) is 0. The maximum absolute atomic E-state index is 12.0. The van der Waals surface area contributed by atoms with Gasteiger partial charge in [0.1, 0.15) is 0 Å². The molecular weight excluding hydrogens is 219 g/mol. The average Bonchev–Trinajstić information content (AvgIpc) is 2.47. The average molecular weight is 225 g/mol. The Morgan fingerprint density at radius 3 is 2.64 bits per heavy atom. The minimum atomic E-state index is -4.45. The van der Waals surface area contributed by atoms with Gasteiger partial charge >= 0.3 is 12.1 Å². The summed E-state index contributed by atoms with van der Waals surface area (Å²) in [6.45, 7) is 0. The van der Waals surface area contributed by atoms with E-state index < -0.39 is 17.8 Å². The zero-order valence-electron chi connectivity index (χ0n) is 6.84. The van der Waals surface area contributed by atoms with Crippen LogP contribution >= 0.6 is 11.3 Å². The Morgan fingerprint density at radius 1 is 1.57 bits per heavy atom. The van der Waals surface area contributed by atoms with Crippen LogP contribution in [0.3, 0.4) is 0 Å². The second-order valence-electron chi connectivity index (χ2n) is 2.52. The molecule has 1 N–H and O–H groups in total. The van der Waals surface area contributed by atoms with Crippen LogP contribution in [0.25, 0.3) is 0 Å². The number of hydrogen-bond donors (Lipinski definition) is 1. The third-order valence-electron chi connectivity index (χ3n) is 1.39. The second kappa shape index (κ2) is 3.95. The first kappa shape index (κ1) is 11.0. The van der Waals surface area contributed by atoms with Gasteiger partial charge in [-0.3, -0.25) is 4.79 Å². The maximum Gasteiger partial charge on any atom is 0.434 e. The molecule has 7 heteroatoms. The van der Waals surface area contributed by atoms with E-state index in [1.54, 1.807) is 0 Å². The van der Waals surface area contributed by atoms with Crippen LogP contribution in [0.5, 0.6) is 0 Å². The number of halogens is 3. The monoisotopic (exact) mass is 225 g/mol. The summed E-state index contributed by atoms with van der Waals surface area (Å²) in [4.78, 5) is 13.4. The number of hydrogen-bond acceptors (Lipinski definition) is 3. The number of carboxylic acids is 1. The highest BCUT2D eigenvalue weighted by atomic mass is 32.1. The molecule has 0 saturated heterocycles. The van der Waals surface area contributed by atoms with E-state index in [0.29, 0.717) is 0 Å². The van der Waals surface area contributed by atoms with E-state index in [4.69, 9.17) is 5.11 Å². The molecule has 0 aromatic carbocycles. The Kier molecular flexibility index (Phi) is 3.10. The molecule has 14 heavy (non-hydrogen) atoms. The summed E-state index contributed by atoms with van der Waals surface area (Å²) < 4.78 is 36.1. The predicted molar refractivity (Wildman–Crippen MR) is 43.1 cm³/mol. The van der Waals surface area contributed by atoms with Crippen LogP contribution in [0.4, 0.5) is 13.2 Å². The maximum atomic E-state index is 12.0. The fraction of sp³-hybridized carbons (Fsp3) is 0.429. The topological polar surface area (TPSA) is 50.2 Å². The molecule has 0 aliphatic rings. The summed E-state index contributed by atoms with van der Waals surface area (Å²) in [7, 11) is 0. The summed E-state index contributed by atoms with van der Waals surface area (Å²) >= 11 is 0.824. The molecule has 0 aliphatic carbocycles. The molecule has 0 fully saturated rings. The minimum Gasteiger partial charge on any atom is -0.481 e. The largest absolute Gasteiger partial charge is 0.481 e. The number of aromatic nitrogens is 1. The zero-order valence-corrected chi connectivity index (χ0v) is 7.65. The first-order valence-electron chi connectivity index (χ1n) is 3.63. The van der Waals surface area contributed by atoms with Gasteiger partial charge in [-0.15, -0.1) is 11.3 Å². The van der Waals surface area contributed by atoms with E-state index in [2.05, 4.69) is 4.98 Å². The molecule has 0 atom stereocenters. The molecule has 3 nitrogen and oxygen atoms in total. The molecule has 0 aliphatic heterocycles. The molecule has 0 saturated carbocycles. The molecule has 0 unspecified atom stereocenters. The summed E-state index contributed by atoms with van der Waals surface area (Å²) in [5.41, 5.74) is -0.956. The Hall–Kier alpha value is -1.11. The Balaban J connectivity index is 2.64. The molecule has 0 bridgehead atoms. The zero-order chi connectivity index (χ0) is 10.8. The fourth-order valence-corrected chi connectivity index (χ4v) is 1.57. The van der Waals surface area contributed by atoms with Gasteiger partial charge in [0.15, 0.2) is 5.69 Å². The fourth-order valence-electron chi connectivity index (χ4n) is 0.770. The van der Waals surface area contributed by atoms with E-state index in [-0.39, 0.29) is 17.8 Å². The van der Waals surface area contributed by atoms with Crippen LogP contribution in [-0.4, -0.2) is 16.1 Å². The SMILES string of the molecule is O=C(O)CCc1nc(C(F)(F)F)cs1. The Labute approximate surface area is 81.2 Å². The highest BCUT2D eigenvalue weighted by Gasteiger charge is 2.33. The molecular formula is C7H6F3NO2S. The van der Waals surface area contributed by atoms with Gasteiger partial charge < -0.3 is 5.11 Å². The van der Waals surface area contributed by atoms with E-state index in [9.17, 15) is 18.0 Å². The van der Waals surface area contributed by atoms with Crippen LogP contribution in [0, 0.1) is 0 Å². The van der Waals surface area contributed by atoms with Gasteiger partial charge in [0.2, 0.25) is 0 Å². The molecule has 1 heterocycles. The van der Waals surface area contributed by atoms with Crippen LogP contribution in [0.2, 0.25) is 0 Å². The quantitative estimate of drug-likeness (QED) is 0.857. The number of nitrogens with zero attached hydrogens (tertiary/aromatic N) is 1. The number of alkyl halides is 3. The second-order valence-corrected chi connectivity index (χ2v) is 3.46. The molecule has 1 aromatic rings. The lowest BCUT2D eigenvalue weighted by Gasteiger charge is -1.99. The predicted octanol–water partition coefficient (Wildman–Crippen LogP) is 2.18. The van der Waals surface area contributed by atoms with E-state index in [1.807, 2.05) is 0 Å². The molecule has 0 radical (unpaired) electrons. The Bertz CT molecular complexity index is 334. The Morgan fingerprint density at radius 2 is 2.21 bits per heavy atom. The van der Waals surface area contributed by atoms with Gasteiger partial charge in [0.05, 0.1) is 11.4 Å². The summed E-state index contributed by atoms with van der Waals surface area (Å²) in [6.07, 6.45) is -4.61. The molecule has 78 valence electrons. The van der Waals surface area contributed by atoms with Crippen LogP contribution in [0.15, 0.2) is 5.38 Å². The van der Waals surface area contributed by atoms with Gasteiger partial charge in [0, 0.05) is 11.8 Å². The van der Waals surface area contributed by atoms with E-state index >= 15 is 0 Å². The third-order valence-corrected chi connectivity index (χ3v) is 2.30. The minimum absolute atomic E-state index is 0.0378. The lowest BCUT2D eigenvalue weighted by Crippen LogP contribution is -2.05. The van der Waals surface area contributed by atoms with Crippen molar-refractivity contribution in [2.75, 3.05) is 0 Å². The molecule has 1 rings (SSSR count). The number of aryl methyl sites for hydroxylation is 1. The van der Waals surface area contributed by atoms with Crippen molar-refractivity contribution >= 4 is 17.3 Å². The van der Waals surface area contributed by atoms with Gasteiger partial charge in [-0.05, 0) is 0 Å². The smallest absolute Gasteiger partial charge is 0.434 e. The van der Waals surface area contributed by atoms with Crippen LogP contribution in [-0.2, 0) is 17.4 Å². The standard InChI is InChI=1S/C7H6F3NO2S/c8-7(9,10)4-3-14-5(11-4)1-2-6(12)13/h3H,1-2H2,(H,12,13). The first-order chi connectivity index (χ1) is 6.39. The number of carbonyl (C=O) groups is 1. The van der Waals surface area contributed by atoms with Crippen molar-refractivity contribution in [3.8, 4) is 0 Å². The first-order valence-corrected chi connectivity index (χ1v) is 4.51. The van der Waals surface area contributed by atoms with E-state index in [1.165, 1.54) is 0 Å². The van der Waals surface area contributed by atoms with Gasteiger partial charge in [-0.25, -0.2) is 4.98 Å². The molecule has 0 amide bonds. The van der Waals surface area contributed by atoms with Crippen molar-refractivity contribution in [2.45, 2.75) is 19.0 Å². The highest BCUT2D eigenvalue weighted by Crippen LogP contribution is 2.30. The molecule has 0 spiro atoms. The summed E-state index contributed by atoms with van der Waals surface area (Å²) in [5, 5.41) is 9.38. The number of carboxylic acid groups (broad SMARTS) is 1. The van der Waals surface area contributed by atoms with E-state index in [0.717, 1.165) is 16.7 Å². The van der Waals surface area contributed by atoms with Crippen molar-refractivity contribution in [1.82, 2.24) is 4.98 Å². The summed E-state index contributed by atoms with van der Waals surface area (Å²) in [5.74, 6) is -1.05. The number of aliphatic carboxylic acids is 1. The molecule has 1 aromatic heterocycles. The van der Waals surface area contributed by atoms with Gasteiger partial charge in [0.25, 0.3) is 0 Å². The van der Waals surface area contributed by atoms with Gasteiger partial charge in [-0.1, -0.05) is 0 Å². The number of rotatable bonds is 3. The highest BCUT2D eigenvalue weighted by molar-refractivity contribution is 7.09. The van der Waals surface area contributed by atoms with Crippen molar-refractivity contribution < 1.29 is 23.1 Å². The third kappa shape index (κ3) is 2.99. The van der Waals surface area contributed by atoms with Crippen molar-refractivity contribution in [3.05, 3.63) is 16.1 Å².